The van der Waals surface area contributed by atoms with Gasteiger partial charge in [0.25, 0.3) is 5.91 Å². The Morgan fingerprint density at radius 3 is 2.59 bits per heavy atom. The lowest BCUT2D eigenvalue weighted by atomic mass is 10.2. The van der Waals surface area contributed by atoms with E-state index in [1.807, 2.05) is 12.1 Å². The second kappa shape index (κ2) is 6.31. The molecule has 2 aromatic heterocycles. The predicted octanol–water partition coefficient (Wildman–Crippen LogP) is 1.64. The molecule has 1 amide bonds. The number of aromatic nitrogens is 5. The number of hydrogen-bond acceptors (Lipinski definition) is 5. The first-order valence-electron chi connectivity index (χ1n) is 6.44. The van der Waals surface area contributed by atoms with E-state index in [1.54, 1.807) is 24.3 Å². The Kier molecular flexibility index (Phi) is 4.06. The van der Waals surface area contributed by atoms with E-state index in [0.717, 1.165) is 5.56 Å². The normalized spacial score (nSPS) is 10.4. The van der Waals surface area contributed by atoms with E-state index in [4.69, 9.17) is 11.6 Å². The molecule has 0 aliphatic heterocycles. The first kappa shape index (κ1) is 14.2. The molecule has 0 atom stereocenters. The Balaban J connectivity index is 1.63. The molecule has 22 heavy (non-hydrogen) atoms. The molecule has 0 bridgehead atoms. The molecule has 0 saturated carbocycles. The zero-order chi connectivity index (χ0) is 15.4. The van der Waals surface area contributed by atoms with E-state index in [9.17, 15) is 4.79 Å². The van der Waals surface area contributed by atoms with Crippen LogP contribution in [0.25, 0.3) is 5.82 Å². The molecule has 0 radical (unpaired) electrons. The van der Waals surface area contributed by atoms with Crippen molar-refractivity contribution in [1.82, 2.24) is 30.3 Å². The number of nitrogens with zero attached hydrogens (tertiary/aromatic N) is 5. The summed E-state index contributed by atoms with van der Waals surface area (Å²) in [5.41, 5.74) is 1.18. The summed E-state index contributed by atoms with van der Waals surface area (Å²) >= 11 is 5.81. The van der Waals surface area contributed by atoms with Crippen LogP contribution in [0.15, 0.2) is 49.1 Å². The van der Waals surface area contributed by atoms with E-state index in [-0.39, 0.29) is 11.6 Å². The first-order valence-corrected chi connectivity index (χ1v) is 6.81. The van der Waals surface area contributed by atoms with Crippen molar-refractivity contribution >= 4 is 17.5 Å². The Bertz CT molecular complexity index is 755. The fourth-order valence-electron chi connectivity index (χ4n) is 1.77. The second-order valence-corrected chi connectivity index (χ2v) is 4.86. The lowest BCUT2D eigenvalue weighted by Crippen LogP contribution is -2.24. The van der Waals surface area contributed by atoms with E-state index in [1.165, 1.54) is 17.3 Å². The molecule has 1 aromatic carbocycles. The zero-order valence-corrected chi connectivity index (χ0v) is 12.1. The van der Waals surface area contributed by atoms with Crippen molar-refractivity contribution in [2.75, 3.05) is 0 Å². The van der Waals surface area contributed by atoms with Crippen LogP contribution in [-0.2, 0) is 6.54 Å². The van der Waals surface area contributed by atoms with Gasteiger partial charge in [0, 0.05) is 11.6 Å². The molecule has 0 aliphatic carbocycles. The average molecular weight is 315 g/mol. The van der Waals surface area contributed by atoms with Gasteiger partial charge in [-0.2, -0.15) is 5.10 Å². The highest BCUT2D eigenvalue weighted by Gasteiger charge is 2.08. The van der Waals surface area contributed by atoms with Crippen LogP contribution in [0, 0.1) is 0 Å². The van der Waals surface area contributed by atoms with Gasteiger partial charge in [0.05, 0.1) is 0 Å². The van der Waals surface area contributed by atoms with Gasteiger partial charge in [-0.1, -0.05) is 23.7 Å². The summed E-state index contributed by atoms with van der Waals surface area (Å²) in [6.45, 7) is 0.391. The Morgan fingerprint density at radius 2 is 1.95 bits per heavy atom. The fraction of sp³-hybridized carbons (Fsp3) is 0.0714. The molecule has 0 spiro atoms. The smallest absolute Gasteiger partial charge is 0.272 e. The fourth-order valence-corrected chi connectivity index (χ4v) is 1.90. The lowest BCUT2D eigenvalue weighted by molar-refractivity contribution is 0.0945. The highest BCUT2D eigenvalue weighted by Crippen LogP contribution is 2.09. The lowest BCUT2D eigenvalue weighted by Gasteiger charge is -2.05. The highest BCUT2D eigenvalue weighted by atomic mass is 35.5. The predicted molar refractivity (Wildman–Crippen MR) is 79.6 cm³/mol. The van der Waals surface area contributed by atoms with Crippen molar-refractivity contribution in [1.29, 1.82) is 0 Å². The van der Waals surface area contributed by atoms with E-state index in [0.29, 0.717) is 17.4 Å². The van der Waals surface area contributed by atoms with Crippen LogP contribution >= 0.6 is 11.6 Å². The minimum Gasteiger partial charge on any atom is -0.347 e. The van der Waals surface area contributed by atoms with Gasteiger partial charge in [-0.15, -0.1) is 10.2 Å². The van der Waals surface area contributed by atoms with Crippen LogP contribution in [-0.4, -0.2) is 30.9 Å². The van der Waals surface area contributed by atoms with Crippen molar-refractivity contribution in [2.45, 2.75) is 6.54 Å². The molecule has 0 saturated heterocycles. The average Bonchev–Trinajstić information content (AvgIpc) is 3.09. The molecule has 2 heterocycles. The third kappa shape index (κ3) is 3.26. The summed E-state index contributed by atoms with van der Waals surface area (Å²) in [6.07, 6.45) is 2.90. The van der Waals surface area contributed by atoms with Crippen molar-refractivity contribution < 1.29 is 4.79 Å². The second-order valence-electron chi connectivity index (χ2n) is 4.43. The number of rotatable bonds is 4. The molecule has 3 rings (SSSR count). The number of carbonyl (C=O) groups excluding carboxylic acids is 1. The molecule has 1 N–H and O–H groups in total. The van der Waals surface area contributed by atoms with Crippen LogP contribution in [0.2, 0.25) is 5.02 Å². The van der Waals surface area contributed by atoms with Gasteiger partial charge in [-0.25, -0.2) is 9.67 Å². The summed E-state index contributed by atoms with van der Waals surface area (Å²) in [5, 5.41) is 15.2. The zero-order valence-electron chi connectivity index (χ0n) is 11.3. The molecule has 0 unspecified atom stereocenters. The van der Waals surface area contributed by atoms with Gasteiger partial charge in [-0.3, -0.25) is 4.79 Å². The molecule has 7 nitrogen and oxygen atoms in total. The summed E-state index contributed by atoms with van der Waals surface area (Å²) in [6, 6.07) is 10.5. The molecular formula is C14H11ClN6O. The monoisotopic (exact) mass is 314 g/mol. The van der Waals surface area contributed by atoms with Crippen LogP contribution in [0.1, 0.15) is 16.1 Å². The van der Waals surface area contributed by atoms with Crippen molar-refractivity contribution in [3.63, 3.8) is 0 Å². The molecule has 3 aromatic rings. The minimum atomic E-state index is -0.299. The summed E-state index contributed by atoms with van der Waals surface area (Å²) in [7, 11) is 0. The van der Waals surface area contributed by atoms with Gasteiger partial charge >= 0.3 is 0 Å². The highest BCUT2D eigenvalue weighted by molar-refractivity contribution is 6.30. The van der Waals surface area contributed by atoms with Crippen molar-refractivity contribution in [3.05, 3.63) is 65.3 Å². The quantitative estimate of drug-likeness (QED) is 0.791. The van der Waals surface area contributed by atoms with Crippen LogP contribution in [0.4, 0.5) is 0 Å². The topological polar surface area (TPSA) is 85.6 Å². The minimum absolute atomic E-state index is 0.234. The third-order valence-electron chi connectivity index (χ3n) is 2.90. The largest absolute Gasteiger partial charge is 0.347 e. The van der Waals surface area contributed by atoms with Gasteiger partial charge in [0.2, 0.25) is 0 Å². The summed E-state index contributed by atoms with van der Waals surface area (Å²) < 4.78 is 1.46. The maximum atomic E-state index is 12.0. The summed E-state index contributed by atoms with van der Waals surface area (Å²) in [4.78, 5) is 15.8. The number of halogens is 1. The SMILES string of the molecule is O=C(NCc1ccc(Cl)cc1)c1ccc(-n2cncn2)nn1. The van der Waals surface area contributed by atoms with Crippen molar-refractivity contribution in [2.24, 2.45) is 0 Å². The number of nitrogens with one attached hydrogen (secondary N) is 1. The molecule has 8 heteroatoms. The van der Waals surface area contributed by atoms with E-state index < -0.39 is 0 Å². The van der Waals surface area contributed by atoms with Crippen LogP contribution < -0.4 is 5.32 Å². The van der Waals surface area contributed by atoms with Crippen LogP contribution in [0.5, 0.6) is 0 Å². The van der Waals surface area contributed by atoms with Crippen LogP contribution in [0.3, 0.4) is 0 Å². The number of hydrogen-bond donors (Lipinski definition) is 1. The maximum absolute atomic E-state index is 12.0. The van der Waals surface area contributed by atoms with Gasteiger partial charge in [0.1, 0.15) is 12.7 Å². The van der Waals surface area contributed by atoms with Crippen molar-refractivity contribution in [3.8, 4) is 5.82 Å². The first-order chi connectivity index (χ1) is 10.7. The number of amides is 1. The Hall–Kier alpha value is -2.80. The van der Waals surface area contributed by atoms with Gasteiger partial charge in [0.15, 0.2) is 11.5 Å². The third-order valence-corrected chi connectivity index (χ3v) is 3.15. The summed E-state index contributed by atoms with van der Waals surface area (Å²) in [5.74, 6) is 0.194. The number of carbonyl (C=O) groups is 1. The molecule has 0 aliphatic rings. The Morgan fingerprint density at radius 1 is 1.14 bits per heavy atom. The van der Waals surface area contributed by atoms with E-state index in [2.05, 4.69) is 25.6 Å². The Labute approximate surface area is 131 Å². The number of benzene rings is 1. The van der Waals surface area contributed by atoms with Gasteiger partial charge in [-0.05, 0) is 29.8 Å². The standard InChI is InChI=1S/C14H11ClN6O/c15-11-3-1-10(2-4-11)7-17-14(22)12-5-6-13(20-19-12)21-9-16-8-18-21/h1-6,8-9H,7H2,(H,17,22). The molecule has 0 fully saturated rings. The molecular weight excluding hydrogens is 304 g/mol. The van der Waals surface area contributed by atoms with E-state index >= 15 is 0 Å². The van der Waals surface area contributed by atoms with Gasteiger partial charge < -0.3 is 5.32 Å². The maximum Gasteiger partial charge on any atom is 0.272 e. The molecule has 110 valence electrons.